The third-order valence-corrected chi connectivity index (χ3v) is 3.81. The van der Waals surface area contributed by atoms with Gasteiger partial charge in [0.25, 0.3) is 0 Å². The van der Waals surface area contributed by atoms with Crippen LogP contribution in [0.5, 0.6) is 0 Å². The van der Waals surface area contributed by atoms with Crippen LogP contribution in [0.1, 0.15) is 6.92 Å². The highest BCUT2D eigenvalue weighted by Gasteiger charge is 2.50. The number of carbonyl (C=O) groups is 1. The molecule has 0 aromatic carbocycles. The minimum atomic E-state index is -5.07. The molecule has 0 aliphatic carbocycles. The Kier molecular flexibility index (Phi) is 6.07. The first kappa shape index (κ1) is 17.5. The molecule has 1 amide bonds. The normalized spacial score (nSPS) is 32.1. The van der Waals surface area contributed by atoms with Crippen molar-refractivity contribution < 1.29 is 38.0 Å². The van der Waals surface area contributed by atoms with E-state index < -0.39 is 48.5 Å². The first-order valence-corrected chi connectivity index (χ1v) is 6.89. The Morgan fingerprint density at radius 1 is 1.50 bits per heavy atom. The largest absolute Gasteiger partial charge is 0.471 e. The second-order valence-electron chi connectivity index (χ2n) is 4.16. The van der Waals surface area contributed by atoms with Crippen molar-refractivity contribution in [2.45, 2.75) is 42.9 Å². The Morgan fingerprint density at radius 2 is 2.10 bits per heavy atom. The van der Waals surface area contributed by atoms with E-state index in [0.717, 1.165) is 11.8 Å². The van der Waals surface area contributed by atoms with Crippen LogP contribution in [0.3, 0.4) is 0 Å². The maximum atomic E-state index is 12.2. The van der Waals surface area contributed by atoms with Crippen molar-refractivity contribution in [3.63, 3.8) is 0 Å². The Balaban J connectivity index is 2.82. The van der Waals surface area contributed by atoms with Gasteiger partial charge in [0.15, 0.2) is 0 Å². The maximum Gasteiger partial charge on any atom is 0.471 e. The summed E-state index contributed by atoms with van der Waals surface area (Å²) in [5, 5.41) is 29.8. The fraction of sp³-hybridized carbons (Fsp3) is 0.900. The average Bonchev–Trinajstić information content (AvgIpc) is 2.66. The molecule has 1 aliphatic heterocycles. The van der Waals surface area contributed by atoms with E-state index in [0.29, 0.717) is 5.75 Å². The predicted molar refractivity (Wildman–Crippen MR) is 63.9 cm³/mol. The molecule has 20 heavy (non-hydrogen) atoms. The van der Waals surface area contributed by atoms with Crippen molar-refractivity contribution in [3.8, 4) is 0 Å². The van der Waals surface area contributed by atoms with Gasteiger partial charge >= 0.3 is 12.1 Å². The number of aliphatic hydroxyl groups excluding tert-OH is 3. The summed E-state index contributed by atoms with van der Waals surface area (Å²) >= 11 is 1.08. The number of halogens is 3. The molecule has 4 N–H and O–H groups in total. The van der Waals surface area contributed by atoms with Crippen molar-refractivity contribution in [1.29, 1.82) is 0 Å². The lowest BCUT2D eigenvalue weighted by Crippen LogP contribution is -2.52. The van der Waals surface area contributed by atoms with Gasteiger partial charge in [-0.1, -0.05) is 6.92 Å². The van der Waals surface area contributed by atoms with E-state index >= 15 is 0 Å². The zero-order valence-electron chi connectivity index (χ0n) is 10.5. The van der Waals surface area contributed by atoms with Crippen LogP contribution < -0.4 is 5.32 Å². The van der Waals surface area contributed by atoms with Crippen molar-refractivity contribution in [2.75, 3.05) is 12.4 Å². The van der Waals surface area contributed by atoms with Gasteiger partial charge < -0.3 is 25.4 Å². The number of amides is 1. The van der Waals surface area contributed by atoms with Crippen LogP contribution in [0.15, 0.2) is 0 Å². The van der Waals surface area contributed by atoms with Crippen LogP contribution >= 0.6 is 11.8 Å². The Bertz CT molecular complexity index is 341. The van der Waals surface area contributed by atoms with E-state index in [9.17, 15) is 28.2 Å². The number of aliphatic hydroxyl groups is 3. The lowest BCUT2D eigenvalue weighted by atomic mass is 10.0. The fourth-order valence-electron chi connectivity index (χ4n) is 1.80. The number of rotatable bonds is 5. The Labute approximate surface area is 117 Å². The highest BCUT2D eigenvalue weighted by molar-refractivity contribution is 7.99. The van der Waals surface area contributed by atoms with Gasteiger partial charge in [-0.15, -0.1) is 11.8 Å². The molecule has 0 unspecified atom stereocenters. The SMILES string of the molecule is CCS[C@H]1O[C@@H]([C@H](O)CO)[C@@H](O)[C@H]1NC(=O)C(F)(F)F. The topological polar surface area (TPSA) is 99.0 Å². The van der Waals surface area contributed by atoms with E-state index in [2.05, 4.69) is 0 Å². The molecule has 0 aromatic heterocycles. The minimum absolute atomic E-state index is 0.470. The van der Waals surface area contributed by atoms with Crippen LogP contribution in [-0.4, -0.2) is 69.6 Å². The molecule has 0 aromatic rings. The summed E-state index contributed by atoms with van der Waals surface area (Å²) in [6.45, 7) is 1.00. The monoisotopic (exact) mass is 319 g/mol. The van der Waals surface area contributed by atoms with Crippen molar-refractivity contribution in [3.05, 3.63) is 0 Å². The van der Waals surface area contributed by atoms with Gasteiger partial charge in [-0.2, -0.15) is 13.2 Å². The number of thioether (sulfide) groups is 1. The molecule has 1 saturated heterocycles. The van der Waals surface area contributed by atoms with Gasteiger partial charge in [0, 0.05) is 0 Å². The van der Waals surface area contributed by atoms with Crippen molar-refractivity contribution >= 4 is 17.7 Å². The molecule has 6 nitrogen and oxygen atoms in total. The molecule has 1 aliphatic rings. The van der Waals surface area contributed by atoms with Crippen LogP contribution in [0, 0.1) is 0 Å². The van der Waals surface area contributed by atoms with E-state index in [1.807, 2.05) is 0 Å². The summed E-state index contributed by atoms with van der Waals surface area (Å²) in [4.78, 5) is 10.9. The molecule has 118 valence electrons. The number of alkyl halides is 3. The highest BCUT2D eigenvalue weighted by atomic mass is 32.2. The number of hydrogen-bond donors (Lipinski definition) is 4. The minimum Gasteiger partial charge on any atom is -0.394 e. The van der Waals surface area contributed by atoms with Crippen LogP contribution in [-0.2, 0) is 9.53 Å². The summed E-state index contributed by atoms with van der Waals surface area (Å²) in [5.41, 5.74) is -0.938. The lowest BCUT2D eigenvalue weighted by molar-refractivity contribution is -0.175. The van der Waals surface area contributed by atoms with E-state index in [1.54, 1.807) is 12.2 Å². The van der Waals surface area contributed by atoms with Gasteiger partial charge in [0.2, 0.25) is 0 Å². The van der Waals surface area contributed by atoms with Crippen LogP contribution in [0.2, 0.25) is 0 Å². The van der Waals surface area contributed by atoms with Crippen molar-refractivity contribution in [2.24, 2.45) is 0 Å². The molecule has 0 bridgehead atoms. The molecule has 0 spiro atoms. The van der Waals surface area contributed by atoms with E-state index in [1.165, 1.54) is 0 Å². The third-order valence-electron chi connectivity index (χ3n) is 2.74. The van der Waals surface area contributed by atoms with Gasteiger partial charge in [-0.05, 0) is 5.75 Å². The van der Waals surface area contributed by atoms with Crippen LogP contribution in [0.4, 0.5) is 13.2 Å². The predicted octanol–water partition coefficient (Wildman–Crippen LogP) is -0.774. The number of ether oxygens (including phenoxy) is 1. The zero-order valence-corrected chi connectivity index (χ0v) is 11.3. The first-order chi connectivity index (χ1) is 9.22. The van der Waals surface area contributed by atoms with Crippen molar-refractivity contribution in [1.82, 2.24) is 5.32 Å². The summed E-state index contributed by atoms with van der Waals surface area (Å²) in [6, 6.07) is -1.32. The summed E-state index contributed by atoms with van der Waals surface area (Å²) < 4.78 is 41.9. The fourth-order valence-corrected chi connectivity index (χ4v) is 2.77. The number of nitrogens with one attached hydrogen (secondary N) is 1. The molecular formula is C10H16F3NO5S. The summed E-state index contributed by atoms with van der Waals surface area (Å²) in [5.74, 6) is -1.72. The Hall–Kier alpha value is -0.550. The average molecular weight is 319 g/mol. The quantitative estimate of drug-likeness (QED) is 0.531. The van der Waals surface area contributed by atoms with E-state index in [4.69, 9.17) is 9.84 Å². The summed E-state index contributed by atoms with van der Waals surface area (Å²) in [6.07, 6.45) is -9.33. The van der Waals surface area contributed by atoms with E-state index in [-0.39, 0.29) is 0 Å². The zero-order chi connectivity index (χ0) is 15.5. The molecule has 10 heteroatoms. The standard InChI is InChI=1S/C10H16F3NO5S/c1-2-20-8-5(14-9(18)10(11,12)13)6(17)7(19-8)4(16)3-15/h4-8,15-17H,2-3H2,1H3,(H,14,18)/t4-,5-,6+,7+,8-/m1/s1. The molecular weight excluding hydrogens is 303 g/mol. The molecule has 1 heterocycles. The lowest BCUT2D eigenvalue weighted by Gasteiger charge is -2.22. The molecule has 1 rings (SSSR count). The first-order valence-electron chi connectivity index (χ1n) is 5.84. The van der Waals surface area contributed by atoms with Crippen LogP contribution in [0.25, 0.3) is 0 Å². The maximum absolute atomic E-state index is 12.2. The van der Waals surface area contributed by atoms with Gasteiger partial charge in [0.1, 0.15) is 23.7 Å². The number of hydrogen-bond acceptors (Lipinski definition) is 6. The highest BCUT2D eigenvalue weighted by Crippen LogP contribution is 2.31. The van der Waals surface area contributed by atoms with Gasteiger partial charge in [0.05, 0.1) is 12.6 Å². The molecule has 1 fully saturated rings. The number of carbonyl (C=O) groups excluding carboxylic acids is 1. The smallest absolute Gasteiger partial charge is 0.394 e. The second kappa shape index (κ2) is 6.94. The Morgan fingerprint density at radius 3 is 2.55 bits per heavy atom. The molecule has 0 saturated carbocycles. The van der Waals surface area contributed by atoms with Gasteiger partial charge in [-0.3, -0.25) is 4.79 Å². The third kappa shape index (κ3) is 3.98. The molecule has 5 atom stereocenters. The summed E-state index contributed by atoms with van der Waals surface area (Å²) in [7, 11) is 0. The second-order valence-corrected chi connectivity index (χ2v) is 5.54. The molecule has 0 radical (unpaired) electrons. The van der Waals surface area contributed by atoms with Gasteiger partial charge in [-0.25, -0.2) is 0 Å².